The molecule has 0 aromatic heterocycles. The van der Waals surface area contributed by atoms with Crippen molar-refractivity contribution in [2.75, 3.05) is 13.2 Å². The van der Waals surface area contributed by atoms with Crippen molar-refractivity contribution < 1.29 is 4.74 Å². The molecule has 3 unspecified atom stereocenters. The van der Waals surface area contributed by atoms with Crippen LogP contribution in [0.4, 0.5) is 0 Å². The van der Waals surface area contributed by atoms with Crippen molar-refractivity contribution >= 4 is 0 Å². The van der Waals surface area contributed by atoms with Crippen LogP contribution in [0, 0.1) is 17.8 Å². The van der Waals surface area contributed by atoms with Gasteiger partial charge in [0.25, 0.3) is 0 Å². The van der Waals surface area contributed by atoms with Crippen LogP contribution in [0.5, 0.6) is 0 Å². The van der Waals surface area contributed by atoms with E-state index in [1.165, 1.54) is 44.3 Å². The first-order valence-corrected chi connectivity index (χ1v) is 7.44. The van der Waals surface area contributed by atoms with Gasteiger partial charge in [0.05, 0.1) is 12.6 Å². The van der Waals surface area contributed by atoms with Gasteiger partial charge in [0.1, 0.15) is 5.76 Å². The zero-order valence-corrected chi connectivity index (χ0v) is 11.0. The Morgan fingerprint density at radius 3 is 2.82 bits per heavy atom. The Balaban J connectivity index is 1.64. The minimum Gasteiger partial charge on any atom is -0.497 e. The molecule has 0 amide bonds. The summed E-state index contributed by atoms with van der Waals surface area (Å²) >= 11 is 0. The lowest BCUT2D eigenvalue weighted by Crippen LogP contribution is -2.39. The third-order valence-corrected chi connectivity index (χ3v) is 4.63. The maximum Gasteiger partial charge on any atom is 0.109 e. The predicted octanol–water partition coefficient (Wildman–Crippen LogP) is 3.10. The average Bonchev–Trinajstić information content (AvgIpc) is 2.98. The lowest BCUT2D eigenvalue weighted by molar-refractivity contribution is 0.148. The van der Waals surface area contributed by atoms with Gasteiger partial charge in [0, 0.05) is 0 Å². The third kappa shape index (κ3) is 2.52. The van der Waals surface area contributed by atoms with Gasteiger partial charge in [-0.05, 0) is 68.9 Å². The van der Waals surface area contributed by atoms with Crippen LogP contribution in [0.2, 0.25) is 0 Å². The number of rotatable bonds is 5. The van der Waals surface area contributed by atoms with Gasteiger partial charge in [-0.1, -0.05) is 6.92 Å². The molecule has 1 N–H and O–H groups in total. The Morgan fingerprint density at radius 1 is 1.35 bits per heavy atom. The molecule has 2 nitrogen and oxygen atoms in total. The van der Waals surface area contributed by atoms with E-state index in [-0.39, 0.29) is 0 Å². The van der Waals surface area contributed by atoms with E-state index in [2.05, 4.69) is 18.3 Å². The summed E-state index contributed by atoms with van der Waals surface area (Å²) in [5.74, 6) is 4.23. The number of hydrogen-bond donors (Lipinski definition) is 1. The fourth-order valence-corrected chi connectivity index (χ4v) is 3.63. The second kappa shape index (κ2) is 5.01. The molecular formula is C15H25NO. The highest BCUT2D eigenvalue weighted by Crippen LogP contribution is 2.55. The van der Waals surface area contributed by atoms with Crippen molar-refractivity contribution in [3.63, 3.8) is 0 Å². The van der Waals surface area contributed by atoms with Crippen LogP contribution < -0.4 is 5.32 Å². The molecule has 0 spiro atoms. The zero-order chi connectivity index (χ0) is 11.7. The zero-order valence-electron chi connectivity index (χ0n) is 11.0. The van der Waals surface area contributed by atoms with E-state index in [1.54, 1.807) is 0 Å². The van der Waals surface area contributed by atoms with E-state index in [9.17, 15) is 0 Å². The van der Waals surface area contributed by atoms with E-state index < -0.39 is 0 Å². The summed E-state index contributed by atoms with van der Waals surface area (Å²) < 4.78 is 5.90. The van der Waals surface area contributed by atoms with Crippen LogP contribution in [-0.4, -0.2) is 19.2 Å². The Kier molecular flexibility index (Phi) is 3.41. The van der Waals surface area contributed by atoms with Crippen LogP contribution in [0.3, 0.4) is 0 Å². The summed E-state index contributed by atoms with van der Waals surface area (Å²) in [6.07, 6.45) is 10.3. The molecule has 0 aromatic carbocycles. The fourth-order valence-electron chi connectivity index (χ4n) is 3.63. The third-order valence-electron chi connectivity index (χ3n) is 4.63. The standard InChI is InChI=1S/C15H25NO/c1-2-6-16-15(14-5-3-4-7-17-14)13-9-11-8-12(11)10-13/h5,11-13,15-16H,2-4,6-10H2,1H3. The lowest BCUT2D eigenvalue weighted by atomic mass is 9.91. The molecule has 17 heavy (non-hydrogen) atoms. The predicted molar refractivity (Wildman–Crippen MR) is 69.7 cm³/mol. The SMILES string of the molecule is CCCNC(C1=CCCCO1)C1CC2CC2C1. The van der Waals surface area contributed by atoms with Gasteiger partial charge in [-0.3, -0.25) is 0 Å². The molecule has 2 fully saturated rings. The van der Waals surface area contributed by atoms with Crippen LogP contribution in [0.1, 0.15) is 45.4 Å². The van der Waals surface area contributed by atoms with Gasteiger partial charge in [0.15, 0.2) is 0 Å². The first-order chi connectivity index (χ1) is 8.38. The first-order valence-electron chi connectivity index (χ1n) is 7.44. The van der Waals surface area contributed by atoms with Crippen molar-refractivity contribution in [3.05, 3.63) is 11.8 Å². The minimum atomic E-state index is 0.517. The number of fused-ring (bicyclic) bond motifs is 1. The highest BCUT2D eigenvalue weighted by molar-refractivity contribution is 5.11. The highest BCUT2D eigenvalue weighted by atomic mass is 16.5. The van der Waals surface area contributed by atoms with Crippen molar-refractivity contribution in [3.8, 4) is 0 Å². The van der Waals surface area contributed by atoms with Crippen LogP contribution >= 0.6 is 0 Å². The van der Waals surface area contributed by atoms with Gasteiger partial charge in [-0.25, -0.2) is 0 Å². The molecule has 1 aliphatic heterocycles. The van der Waals surface area contributed by atoms with Gasteiger partial charge >= 0.3 is 0 Å². The Bertz CT molecular complexity index is 289. The van der Waals surface area contributed by atoms with Gasteiger partial charge < -0.3 is 10.1 Å². The van der Waals surface area contributed by atoms with E-state index in [1.807, 2.05) is 0 Å². The van der Waals surface area contributed by atoms with Gasteiger partial charge in [-0.15, -0.1) is 0 Å². The summed E-state index contributed by atoms with van der Waals surface area (Å²) in [7, 11) is 0. The topological polar surface area (TPSA) is 21.3 Å². The molecule has 3 atom stereocenters. The number of ether oxygens (including phenoxy) is 1. The number of allylic oxidation sites excluding steroid dienone is 1. The smallest absolute Gasteiger partial charge is 0.109 e. The molecule has 3 rings (SSSR count). The number of hydrogen-bond acceptors (Lipinski definition) is 2. The summed E-state index contributed by atoms with van der Waals surface area (Å²) in [6.45, 7) is 4.29. The van der Waals surface area contributed by atoms with Crippen molar-refractivity contribution in [1.29, 1.82) is 0 Å². The molecule has 2 aliphatic carbocycles. The average molecular weight is 235 g/mol. The maximum atomic E-state index is 5.90. The second-order valence-corrected chi connectivity index (χ2v) is 6.02. The summed E-state index contributed by atoms with van der Waals surface area (Å²) in [5.41, 5.74) is 0. The molecule has 2 heteroatoms. The molecule has 0 aromatic rings. The van der Waals surface area contributed by atoms with Gasteiger partial charge in [-0.2, -0.15) is 0 Å². The largest absolute Gasteiger partial charge is 0.497 e. The molecule has 3 aliphatic rings. The van der Waals surface area contributed by atoms with E-state index in [0.29, 0.717) is 6.04 Å². The summed E-state index contributed by atoms with van der Waals surface area (Å²) in [6, 6.07) is 0.517. The molecule has 2 saturated carbocycles. The fraction of sp³-hybridized carbons (Fsp3) is 0.867. The van der Waals surface area contributed by atoms with Crippen LogP contribution in [0.25, 0.3) is 0 Å². The maximum absolute atomic E-state index is 5.90. The first kappa shape index (κ1) is 11.6. The van der Waals surface area contributed by atoms with Crippen LogP contribution in [-0.2, 0) is 4.74 Å². The van der Waals surface area contributed by atoms with Crippen molar-refractivity contribution in [1.82, 2.24) is 5.32 Å². The van der Waals surface area contributed by atoms with E-state index in [4.69, 9.17) is 4.74 Å². The molecule has 0 radical (unpaired) electrons. The highest BCUT2D eigenvalue weighted by Gasteiger charge is 2.48. The Morgan fingerprint density at radius 2 is 2.18 bits per heavy atom. The monoisotopic (exact) mass is 235 g/mol. The number of nitrogens with one attached hydrogen (secondary N) is 1. The molecule has 0 bridgehead atoms. The van der Waals surface area contributed by atoms with Crippen molar-refractivity contribution in [2.24, 2.45) is 17.8 Å². The lowest BCUT2D eigenvalue weighted by Gasteiger charge is -2.30. The molecule has 0 saturated heterocycles. The normalized spacial score (nSPS) is 37.0. The summed E-state index contributed by atoms with van der Waals surface area (Å²) in [5, 5.41) is 3.73. The Hall–Kier alpha value is -0.500. The molecule has 1 heterocycles. The van der Waals surface area contributed by atoms with Crippen LogP contribution in [0.15, 0.2) is 11.8 Å². The molecular weight excluding hydrogens is 210 g/mol. The Labute approximate surface area is 105 Å². The molecule has 96 valence electrons. The van der Waals surface area contributed by atoms with E-state index >= 15 is 0 Å². The van der Waals surface area contributed by atoms with E-state index in [0.717, 1.165) is 30.9 Å². The van der Waals surface area contributed by atoms with Gasteiger partial charge in [0.2, 0.25) is 0 Å². The minimum absolute atomic E-state index is 0.517. The quantitative estimate of drug-likeness (QED) is 0.790. The van der Waals surface area contributed by atoms with Crippen molar-refractivity contribution in [2.45, 2.75) is 51.5 Å². The summed E-state index contributed by atoms with van der Waals surface area (Å²) in [4.78, 5) is 0. The second-order valence-electron chi connectivity index (χ2n) is 6.02.